The highest BCUT2D eigenvalue weighted by Crippen LogP contribution is 2.46. The molecule has 0 aromatic heterocycles. The third-order valence-corrected chi connectivity index (χ3v) is 11.0. The second-order valence-corrected chi connectivity index (χ2v) is 14.2. The van der Waals surface area contributed by atoms with Crippen LogP contribution in [0.2, 0.25) is 25.0 Å². The van der Waals surface area contributed by atoms with Gasteiger partial charge in [0.25, 0.3) is 0 Å². The fraction of sp³-hybridized carbons (Fsp3) is 0.700. The number of hydrogen-bond acceptors (Lipinski definition) is 2. The van der Waals surface area contributed by atoms with Gasteiger partial charge < -0.3 is 9.31 Å². The third-order valence-electron chi connectivity index (χ3n) is 6.63. The van der Waals surface area contributed by atoms with E-state index in [0.29, 0.717) is 5.54 Å². The number of rotatable bonds is 6. The lowest BCUT2D eigenvalue weighted by Crippen LogP contribution is -2.47. The minimum Gasteiger partial charge on any atom is -0.403 e. The molecule has 132 valence electrons. The lowest BCUT2D eigenvalue weighted by Gasteiger charge is -2.34. The Morgan fingerprint density at radius 3 is 2.08 bits per heavy atom. The molecule has 1 aliphatic carbocycles. The van der Waals surface area contributed by atoms with E-state index in [1.54, 1.807) is 5.19 Å². The third kappa shape index (κ3) is 3.66. The van der Waals surface area contributed by atoms with Crippen molar-refractivity contribution in [2.75, 3.05) is 0 Å². The predicted octanol–water partition coefficient (Wildman–Crippen LogP) is 4.86. The largest absolute Gasteiger partial charge is 0.457 e. The Kier molecular flexibility index (Phi) is 4.78. The maximum absolute atomic E-state index is 6.33. The van der Waals surface area contributed by atoms with E-state index in [0.717, 1.165) is 12.2 Å². The van der Waals surface area contributed by atoms with E-state index in [4.69, 9.17) is 9.31 Å². The van der Waals surface area contributed by atoms with Gasteiger partial charge in [0.2, 0.25) is 0 Å². The molecular weight excluding hydrogens is 311 g/mol. The minimum atomic E-state index is -1.55. The highest BCUT2D eigenvalue weighted by atomic mass is 28.3. The number of benzene rings is 1. The van der Waals surface area contributed by atoms with E-state index in [1.165, 1.54) is 19.3 Å². The van der Waals surface area contributed by atoms with Crippen LogP contribution >= 0.6 is 0 Å². The zero-order valence-electron chi connectivity index (χ0n) is 16.3. The summed E-state index contributed by atoms with van der Waals surface area (Å²) in [6, 6.07) is 11.2. The molecule has 1 unspecified atom stereocenters. The van der Waals surface area contributed by atoms with Crippen molar-refractivity contribution < 1.29 is 9.31 Å². The topological polar surface area (TPSA) is 18.5 Å². The second-order valence-electron chi connectivity index (χ2n) is 9.39. The van der Waals surface area contributed by atoms with Gasteiger partial charge in [0.15, 0.2) is 0 Å². The Hall–Kier alpha value is -0.578. The van der Waals surface area contributed by atoms with Crippen LogP contribution < -0.4 is 5.19 Å². The van der Waals surface area contributed by atoms with Crippen molar-refractivity contribution in [1.29, 1.82) is 0 Å². The molecule has 3 rings (SSSR count). The Morgan fingerprint density at radius 2 is 1.58 bits per heavy atom. The van der Waals surface area contributed by atoms with E-state index in [2.05, 4.69) is 71.1 Å². The molecule has 1 heterocycles. The van der Waals surface area contributed by atoms with Crippen LogP contribution in [0.15, 0.2) is 30.3 Å². The molecule has 1 saturated carbocycles. The van der Waals surface area contributed by atoms with Gasteiger partial charge in [-0.3, -0.25) is 0 Å². The first kappa shape index (κ1) is 18.2. The van der Waals surface area contributed by atoms with Crippen LogP contribution in [0.1, 0.15) is 47.0 Å². The van der Waals surface area contributed by atoms with Crippen LogP contribution in [0.25, 0.3) is 0 Å². The monoisotopic (exact) mass is 344 g/mol. The van der Waals surface area contributed by atoms with Gasteiger partial charge in [-0.1, -0.05) is 67.9 Å². The normalized spacial score (nSPS) is 24.2. The Balaban J connectivity index is 1.78. The molecule has 0 amide bonds. The first-order valence-electron chi connectivity index (χ1n) is 9.53. The van der Waals surface area contributed by atoms with Crippen molar-refractivity contribution in [3.05, 3.63) is 30.3 Å². The average molecular weight is 344 g/mol. The fourth-order valence-electron chi connectivity index (χ4n) is 3.84. The van der Waals surface area contributed by atoms with Crippen molar-refractivity contribution in [3.63, 3.8) is 0 Å². The molecule has 0 radical (unpaired) electrons. The molecule has 4 heteroatoms. The van der Waals surface area contributed by atoms with Crippen molar-refractivity contribution in [2.24, 2.45) is 5.92 Å². The Bertz CT molecular complexity index is 550. The van der Waals surface area contributed by atoms with Crippen molar-refractivity contribution in [1.82, 2.24) is 0 Å². The molecule has 2 aliphatic rings. The summed E-state index contributed by atoms with van der Waals surface area (Å²) in [5, 5.41) is 1.56. The van der Waals surface area contributed by atoms with Crippen molar-refractivity contribution in [3.8, 4) is 0 Å². The summed E-state index contributed by atoms with van der Waals surface area (Å²) in [5.74, 6) is 0.938. The first-order valence-corrected chi connectivity index (χ1v) is 12.6. The standard InChI is InChI=1S/C20H33BO2Si/c1-19(2)20(3,4)23-21(22-19)15-18(14-16-12-13-16)24(5,6)17-10-8-7-9-11-17/h7-11,16,18H,12-15H2,1-6H3. The van der Waals surface area contributed by atoms with Crippen LogP contribution in [-0.2, 0) is 9.31 Å². The van der Waals surface area contributed by atoms with Crippen molar-refractivity contribution >= 4 is 20.4 Å². The molecule has 1 aromatic carbocycles. The van der Waals surface area contributed by atoms with E-state index in [9.17, 15) is 0 Å². The van der Waals surface area contributed by atoms with Crippen LogP contribution in [-0.4, -0.2) is 26.4 Å². The summed E-state index contributed by atoms with van der Waals surface area (Å²) < 4.78 is 12.7. The van der Waals surface area contributed by atoms with E-state index in [1.807, 2.05) is 0 Å². The van der Waals surface area contributed by atoms with E-state index < -0.39 is 8.07 Å². The lowest BCUT2D eigenvalue weighted by molar-refractivity contribution is 0.00578. The van der Waals surface area contributed by atoms with E-state index in [-0.39, 0.29) is 18.3 Å². The summed E-state index contributed by atoms with van der Waals surface area (Å²) >= 11 is 0. The maximum atomic E-state index is 6.33. The number of hydrogen-bond donors (Lipinski definition) is 0. The molecule has 2 nitrogen and oxygen atoms in total. The molecule has 1 aromatic rings. The molecule has 0 spiro atoms. The highest BCUT2D eigenvalue weighted by Gasteiger charge is 2.52. The van der Waals surface area contributed by atoms with Crippen LogP contribution in [0.5, 0.6) is 0 Å². The highest BCUT2D eigenvalue weighted by molar-refractivity contribution is 6.91. The van der Waals surface area contributed by atoms with Gasteiger partial charge in [-0.2, -0.15) is 0 Å². The van der Waals surface area contributed by atoms with Gasteiger partial charge in [-0.15, -0.1) is 0 Å². The van der Waals surface area contributed by atoms with Crippen LogP contribution in [0, 0.1) is 5.92 Å². The van der Waals surface area contributed by atoms with Crippen LogP contribution in [0.3, 0.4) is 0 Å². The molecule has 1 atom stereocenters. The summed E-state index contributed by atoms with van der Waals surface area (Å²) in [6.45, 7) is 13.7. The zero-order chi connectivity index (χ0) is 17.6. The predicted molar refractivity (Wildman–Crippen MR) is 106 cm³/mol. The SMILES string of the molecule is CC1(C)OB(CC(CC2CC2)[Si](C)(C)c2ccccc2)OC1(C)C. The summed E-state index contributed by atoms with van der Waals surface area (Å²) in [7, 11) is -1.61. The minimum absolute atomic E-state index is 0.0609. The fourth-order valence-corrected chi connectivity index (χ4v) is 7.07. The molecule has 0 bridgehead atoms. The molecule has 1 saturated heterocycles. The van der Waals surface area contributed by atoms with E-state index >= 15 is 0 Å². The quantitative estimate of drug-likeness (QED) is 0.686. The maximum Gasteiger partial charge on any atom is 0.457 e. The molecule has 2 fully saturated rings. The average Bonchev–Trinajstić information content (AvgIpc) is 3.27. The van der Waals surface area contributed by atoms with Crippen LogP contribution in [0.4, 0.5) is 0 Å². The molecular formula is C20H33BO2Si. The van der Waals surface area contributed by atoms with Gasteiger partial charge in [-0.25, -0.2) is 0 Å². The van der Waals surface area contributed by atoms with Gasteiger partial charge in [0, 0.05) is 0 Å². The summed E-state index contributed by atoms with van der Waals surface area (Å²) in [5.41, 5.74) is 0.266. The molecule has 24 heavy (non-hydrogen) atoms. The molecule has 1 aliphatic heterocycles. The smallest absolute Gasteiger partial charge is 0.403 e. The van der Waals surface area contributed by atoms with Gasteiger partial charge in [0.05, 0.1) is 19.3 Å². The van der Waals surface area contributed by atoms with Crippen molar-refractivity contribution in [2.45, 2.75) is 83.1 Å². The Morgan fingerprint density at radius 1 is 1.04 bits per heavy atom. The second kappa shape index (κ2) is 6.30. The van der Waals surface area contributed by atoms with Gasteiger partial charge in [-0.05, 0) is 45.5 Å². The summed E-state index contributed by atoms with van der Waals surface area (Å²) in [4.78, 5) is 0. The van der Waals surface area contributed by atoms with Gasteiger partial charge >= 0.3 is 7.12 Å². The first-order chi connectivity index (χ1) is 11.1. The lowest BCUT2D eigenvalue weighted by atomic mass is 9.81. The summed E-state index contributed by atoms with van der Waals surface area (Å²) in [6.07, 6.45) is 5.22. The Labute approximate surface area is 149 Å². The molecule has 0 N–H and O–H groups in total. The van der Waals surface area contributed by atoms with Gasteiger partial charge in [0.1, 0.15) is 0 Å². The zero-order valence-corrected chi connectivity index (χ0v) is 17.3.